The van der Waals surface area contributed by atoms with E-state index in [1.165, 1.54) is 0 Å². The fourth-order valence-electron chi connectivity index (χ4n) is 1.16. The average molecular weight is 184 g/mol. The van der Waals surface area contributed by atoms with Gasteiger partial charge in [-0.05, 0) is 25.7 Å². The van der Waals surface area contributed by atoms with Crippen molar-refractivity contribution in [2.24, 2.45) is 5.10 Å². The summed E-state index contributed by atoms with van der Waals surface area (Å²) in [4.78, 5) is 21.5. The summed E-state index contributed by atoms with van der Waals surface area (Å²) < 4.78 is 4.21. The molecule has 1 fully saturated rings. The molecule has 5 heteroatoms. The van der Waals surface area contributed by atoms with Gasteiger partial charge in [-0.2, -0.15) is 5.10 Å². The van der Waals surface area contributed by atoms with Crippen molar-refractivity contribution in [3.05, 3.63) is 0 Å². The Morgan fingerprint density at radius 3 is 2.54 bits per heavy atom. The lowest BCUT2D eigenvalue weighted by Gasteiger charge is -1.98. The Kier molecular flexibility index (Phi) is 3.42. The first-order chi connectivity index (χ1) is 6.24. The molecule has 0 atom stereocenters. The largest absolute Gasteiger partial charge is 0.462 e. The number of nitrogens with one attached hydrogen (secondary N) is 1. The first-order valence-corrected chi connectivity index (χ1v) is 4.17. The molecule has 1 aliphatic rings. The molecule has 1 saturated carbocycles. The van der Waals surface area contributed by atoms with E-state index in [-0.39, 0.29) is 0 Å². The molecular weight excluding hydrogens is 172 g/mol. The predicted octanol–water partition coefficient (Wildman–Crippen LogP) is 0.206. The van der Waals surface area contributed by atoms with Gasteiger partial charge in [0.05, 0.1) is 7.11 Å². The first-order valence-electron chi connectivity index (χ1n) is 4.17. The number of carbonyl (C=O) groups excluding carboxylic acids is 2. The highest BCUT2D eigenvalue weighted by atomic mass is 16.5. The Morgan fingerprint density at radius 2 is 2.00 bits per heavy atom. The van der Waals surface area contributed by atoms with E-state index < -0.39 is 11.9 Å². The molecule has 1 rings (SSSR count). The lowest BCUT2D eigenvalue weighted by Crippen LogP contribution is -2.28. The van der Waals surface area contributed by atoms with Gasteiger partial charge in [0.15, 0.2) is 0 Å². The van der Waals surface area contributed by atoms with Crippen LogP contribution in [0.2, 0.25) is 0 Å². The van der Waals surface area contributed by atoms with Crippen molar-refractivity contribution in [3.8, 4) is 0 Å². The van der Waals surface area contributed by atoms with Crippen molar-refractivity contribution in [1.82, 2.24) is 5.43 Å². The van der Waals surface area contributed by atoms with Gasteiger partial charge in [0.25, 0.3) is 0 Å². The van der Waals surface area contributed by atoms with Crippen molar-refractivity contribution in [1.29, 1.82) is 0 Å². The molecule has 0 bridgehead atoms. The number of amides is 1. The minimum atomic E-state index is -0.914. The van der Waals surface area contributed by atoms with Crippen LogP contribution in [0.1, 0.15) is 25.7 Å². The van der Waals surface area contributed by atoms with Gasteiger partial charge < -0.3 is 4.74 Å². The zero-order valence-electron chi connectivity index (χ0n) is 7.50. The number of hydrogen-bond donors (Lipinski definition) is 1. The Balaban J connectivity index is 2.36. The molecule has 0 radical (unpaired) electrons. The summed E-state index contributed by atoms with van der Waals surface area (Å²) in [5, 5.41) is 3.81. The first kappa shape index (κ1) is 9.70. The molecule has 13 heavy (non-hydrogen) atoms. The van der Waals surface area contributed by atoms with E-state index in [4.69, 9.17) is 0 Å². The smallest absolute Gasteiger partial charge is 0.398 e. The molecule has 0 saturated heterocycles. The average Bonchev–Trinajstić information content (AvgIpc) is 2.65. The molecule has 1 amide bonds. The molecule has 1 aliphatic carbocycles. The van der Waals surface area contributed by atoms with Crippen molar-refractivity contribution in [2.75, 3.05) is 7.11 Å². The topological polar surface area (TPSA) is 67.8 Å². The molecule has 0 aromatic rings. The number of nitrogens with zero attached hydrogens (tertiary/aromatic N) is 1. The van der Waals surface area contributed by atoms with Gasteiger partial charge in [-0.3, -0.25) is 4.79 Å². The van der Waals surface area contributed by atoms with Crippen LogP contribution in [0.3, 0.4) is 0 Å². The van der Waals surface area contributed by atoms with Gasteiger partial charge in [-0.25, -0.2) is 10.2 Å². The third-order valence-electron chi connectivity index (χ3n) is 1.87. The second kappa shape index (κ2) is 4.59. The van der Waals surface area contributed by atoms with Crippen LogP contribution in [-0.2, 0) is 14.3 Å². The third kappa shape index (κ3) is 2.85. The van der Waals surface area contributed by atoms with Crippen molar-refractivity contribution < 1.29 is 14.3 Å². The van der Waals surface area contributed by atoms with Gasteiger partial charge in [0, 0.05) is 5.71 Å². The predicted molar refractivity (Wildman–Crippen MR) is 46.1 cm³/mol. The van der Waals surface area contributed by atoms with Gasteiger partial charge in [-0.15, -0.1) is 0 Å². The van der Waals surface area contributed by atoms with Crippen LogP contribution in [0.25, 0.3) is 0 Å². The van der Waals surface area contributed by atoms with Crippen LogP contribution in [-0.4, -0.2) is 24.7 Å². The van der Waals surface area contributed by atoms with Crippen molar-refractivity contribution in [3.63, 3.8) is 0 Å². The number of esters is 1. The Hall–Kier alpha value is -1.39. The van der Waals surface area contributed by atoms with Gasteiger partial charge >= 0.3 is 11.9 Å². The maximum atomic E-state index is 10.8. The summed E-state index contributed by atoms with van der Waals surface area (Å²) in [6, 6.07) is 0. The molecule has 5 nitrogen and oxygen atoms in total. The summed E-state index contributed by atoms with van der Waals surface area (Å²) in [5.41, 5.74) is 3.09. The van der Waals surface area contributed by atoms with Crippen LogP contribution in [0.15, 0.2) is 5.10 Å². The van der Waals surface area contributed by atoms with Gasteiger partial charge in [0.1, 0.15) is 0 Å². The van der Waals surface area contributed by atoms with E-state index in [1.807, 2.05) is 0 Å². The van der Waals surface area contributed by atoms with Gasteiger partial charge in [-0.1, -0.05) is 0 Å². The lowest BCUT2D eigenvalue weighted by atomic mass is 10.3. The Morgan fingerprint density at radius 1 is 1.38 bits per heavy atom. The summed E-state index contributed by atoms with van der Waals surface area (Å²) in [6.45, 7) is 0. The maximum absolute atomic E-state index is 10.8. The molecule has 0 aliphatic heterocycles. The zero-order valence-corrected chi connectivity index (χ0v) is 7.50. The molecule has 0 aromatic heterocycles. The fourth-order valence-corrected chi connectivity index (χ4v) is 1.16. The summed E-state index contributed by atoms with van der Waals surface area (Å²) in [5.74, 6) is -1.73. The van der Waals surface area contributed by atoms with E-state index in [0.29, 0.717) is 0 Å². The van der Waals surface area contributed by atoms with Crippen LogP contribution in [0.4, 0.5) is 0 Å². The monoisotopic (exact) mass is 184 g/mol. The summed E-state index contributed by atoms with van der Waals surface area (Å²) in [7, 11) is 1.16. The third-order valence-corrected chi connectivity index (χ3v) is 1.87. The highest BCUT2D eigenvalue weighted by Gasteiger charge is 2.14. The van der Waals surface area contributed by atoms with Crippen LogP contribution in [0, 0.1) is 0 Å². The minimum Gasteiger partial charge on any atom is -0.462 e. The molecule has 72 valence electrons. The number of rotatable bonds is 1. The lowest BCUT2D eigenvalue weighted by molar-refractivity contribution is -0.152. The highest BCUT2D eigenvalue weighted by Crippen LogP contribution is 2.13. The molecule has 0 spiro atoms. The van der Waals surface area contributed by atoms with Crippen molar-refractivity contribution in [2.45, 2.75) is 25.7 Å². The van der Waals surface area contributed by atoms with Crippen LogP contribution in [0.5, 0.6) is 0 Å². The molecular formula is C8H12N2O3. The number of ether oxygens (including phenoxy) is 1. The SMILES string of the molecule is COC(=O)C(=O)NN=C1CCCC1. The molecule has 0 aromatic carbocycles. The van der Waals surface area contributed by atoms with Crippen LogP contribution >= 0.6 is 0 Å². The Labute approximate surface area is 76.1 Å². The number of methoxy groups -OCH3 is 1. The summed E-state index contributed by atoms with van der Waals surface area (Å²) >= 11 is 0. The van der Waals surface area contributed by atoms with E-state index in [0.717, 1.165) is 38.5 Å². The molecule has 1 N–H and O–H groups in total. The van der Waals surface area contributed by atoms with E-state index >= 15 is 0 Å². The summed E-state index contributed by atoms with van der Waals surface area (Å²) in [6.07, 6.45) is 4.02. The molecule has 0 unspecified atom stereocenters. The minimum absolute atomic E-state index is 0.818. The second-order valence-corrected chi connectivity index (χ2v) is 2.82. The second-order valence-electron chi connectivity index (χ2n) is 2.82. The van der Waals surface area contributed by atoms with E-state index in [9.17, 15) is 9.59 Å². The highest BCUT2D eigenvalue weighted by molar-refractivity contribution is 6.32. The maximum Gasteiger partial charge on any atom is 0.398 e. The standard InChI is InChI=1S/C8H12N2O3/c1-13-8(12)7(11)10-9-6-4-2-3-5-6/h2-5H2,1H3,(H,10,11). The van der Waals surface area contributed by atoms with Gasteiger partial charge in [0.2, 0.25) is 0 Å². The van der Waals surface area contributed by atoms with Crippen LogP contribution < -0.4 is 5.43 Å². The normalized spacial score (nSPS) is 15.3. The number of hydrazone groups is 1. The Bertz CT molecular complexity index is 240. The zero-order chi connectivity index (χ0) is 9.68. The van der Waals surface area contributed by atoms with E-state index in [1.54, 1.807) is 0 Å². The van der Waals surface area contributed by atoms with E-state index in [2.05, 4.69) is 15.3 Å². The number of hydrogen-bond acceptors (Lipinski definition) is 4. The number of carbonyl (C=O) groups is 2. The van der Waals surface area contributed by atoms with Crippen molar-refractivity contribution >= 4 is 17.6 Å². The molecule has 0 heterocycles. The fraction of sp³-hybridized carbons (Fsp3) is 0.625. The quantitative estimate of drug-likeness (QED) is 0.359.